The average Bonchev–Trinajstić information content (AvgIpc) is 3.22. The Bertz CT molecular complexity index is 698. The van der Waals surface area contributed by atoms with Crippen molar-refractivity contribution in [3.8, 4) is 0 Å². The van der Waals surface area contributed by atoms with E-state index >= 15 is 0 Å². The van der Waals surface area contributed by atoms with Crippen LogP contribution in [0.3, 0.4) is 0 Å². The zero-order valence-electron chi connectivity index (χ0n) is 24.5. The average molecular weight is 489 g/mol. The van der Waals surface area contributed by atoms with Crippen LogP contribution in [0.1, 0.15) is 126 Å². The fourth-order valence-corrected chi connectivity index (χ4v) is 8.47. The molecule has 4 fully saturated rings. The molecule has 0 amide bonds. The molecule has 4 rings (SSSR count). The molecule has 4 saturated carbocycles. The first-order valence-corrected chi connectivity index (χ1v) is 15.2. The fraction of sp³-hybridized carbons (Fsp3) is 0.938. The number of allylic oxidation sites excluding steroid dienone is 1. The van der Waals surface area contributed by atoms with Gasteiger partial charge in [-0.3, -0.25) is 0 Å². The summed E-state index contributed by atoms with van der Waals surface area (Å²) in [5.74, 6) is 2.66. The molecule has 3 nitrogen and oxygen atoms in total. The molecule has 0 radical (unpaired) electrons. The summed E-state index contributed by atoms with van der Waals surface area (Å²) in [7, 11) is 0. The molecule has 0 saturated heterocycles. The Kier molecular flexibility index (Phi) is 9.64. The lowest BCUT2D eigenvalue weighted by Gasteiger charge is -2.55. The molecule has 0 aromatic heterocycles. The number of aliphatic hydroxyl groups excluding tert-OH is 1. The van der Waals surface area contributed by atoms with Crippen molar-refractivity contribution in [3.05, 3.63) is 12.2 Å². The highest BCUT2D eigenvalue weighted by atomic mass is 16.3. The Morgan fingerprint density at radius 2 is 1.83 bits per heavy atom. The number of rotatable bonds is 15. The van der Waals surface area contributed by atoms with Gasteiger partial charge in [-0.1, -0.05) is 59.6 Å². The van der Waals surface area contributed by atoms with Crippen LogP contribution < -0.4 is 11.1 Å². The summed E-state index contributed by atoms with van der Waals surface area (Å²) in [5, 5.41) is 13.7. The van der Waals surface area contributed by atoms with Crippen LogP contribution >= 0.6 is 0 Å². The van der Waals surface area contributed by atoms with E-state index in [4.69, 9.17) is 5.73 Å². The van der Waals surface area contributed by atoms with Gasteiger partial charge >= 0.3 is 0 Å². The standard InChI is InChI=1S/C32H60N2O/c1-8-10-17-34-26(5)30(7,23-35)15-13-28(33)12-14-29(6)19-27-20-31(18-25(29)4)21-32(27,22-31)16-11-24(3)9-2/h8,10,24-28,34-35H,9,11-23,33H2,1-7H3. The van der Waals surface area contributed by atoms with E-state index in [0.717, 1.165) is 43.6 Å². The lowest BCUT2D eigenvalue weighted by Crippen LogP contribution is -2.46. The summed E-state index contributed by atoms with van der Waals surface area (Å²) in [6.07, 6.45) is 20.3. The molecule has 4 aliphatic carbocycles. The van der Waals surface area contributed by atoms with Gasteiger partial charge in [-0.25, -0.2) is 0 Å². The van der Waals surface area contributed by atoms with E-state index in [1.54, 1.807) is 12.8 Å². The van der Waals surface area contributed by atoms with Gasteiger partial charge in [0.25, 0.3) is 0 Å². The highest BCUT2D eigenvalue weighted by molar-refractivity contribution is 5.17. The van der Waals surface area contributed by atoms with Gasteiger partial charge < -0.3 is 16.2 Å². The molecule has 7 atom stereocenters. The van der Waals surface area contributed by atoms with Crippen LogP contribution in [0.25, 0.3) is 0 Å². The molecule has 4 aliphatic rings. The molecule has 0 aliphatic heterocycles. The zero-order chi connectivity index (χ0) is 25.9. The van der Waals surface area contributed by atoms with Gasteiger partial charge in [0, 0.05) is 30.7 Å². The van der Waals surface area contributed by atoms with Crippen molar-refractivity contribution in [1.82, 2.24) is 5.32 Å². The van der Waals surface area contributed by atoms with E-state index < -0.39 is 0 Å². The van der Waals surface area contributed by atoms with E-state index in [1.807, 2.05) is 6.92 Å². The summed E-state index contributed by atoms with van der Waals surface area (Å²) < 4.78 is 0. The predicted molar refractivity (Wildman–Crippen MR) is 151 cm³/mol. The Hall–Kier alpha value is -0.380. The molecule has 1 spiro atoms. The van der Waals surface area contributed by atoms with Crippen molar-refractivity contribution in [2.24, 2.45) is 45.1 Å². The highest BCUT2D eigenvalue weighted by Gasteiger charge is 2.67. The third kappa shape index (κ3) is 6.37. The Balaban J connectivity index is 1.53. The molecular weight excluding hydrogens is 428 g/mol. The summed E-state index contributed by atoms with van der Waals surface area (Å²) in [6, 6.07) is 0.503. The minimum absolute atomic E-state index is 0.125. The molecule has 4 N–H and O–H groups in total. The van der Waals surface area contributed by atoms with Crippen molar-refractivity contribution in [2.75, 3.05) is 13.2 Å². The van der Waals surface area contributed by atoms with Crippen LogP contribution in [0.15, 0.2) is 12.2 Å². The first-order valence-electron chi connectivity index (χ1n) is 15.2. The van der Waals surface area contributed by atoms with E-state index in [2.05, 4.69) is 59.0 Å². The SMILES string of the molecule is CC=CCNC(C)C(C)(CO)CCC(N)CCC1(C)CC2CC3(CC1C)CC2(CCC(C)CC)C3. The summed E-state index contributed by atoms with van der Waals surface area (Å²) in [6.45, 7) is 17.5. The topological polar surface area (TPSA) is 58.3 Å². The quantitative estimate of drug-likeness (QED) is 0.209. The number of nitrogens with two attached hydrogens (primary N) is 1. The Morgan fingerprint density at radius 3 is 2.46 bits per heavy atom. The number of nitrogens with one attached hydrogen (secondary N) is 1. The van der Waals surface area contributed by atoms with E-state index in [9.17, 15) is 5.11 Å². The molecular formula is C32H60N2O. The first-order chi connectivity index (χ1) is 16.5. The second-order valence-corrected chi connectivity index (χ2v) is 14.5. The van der Waals surface area contributed by atoms with Gasteiger partial charge in [0.05, 0.1) is 0 Å². The zero-order valence-corrected chi connectivity index (χ0v) is 24.5. The van der Waals surface area contributed by atoms with Crippen LogP contribution in [0.5, 0.6) is 0 Å². The van der Waals surface area contributed by atoms with Gasteiger partial charge in [-0.15, -0.1) is 0 Å². The van der Waals surface area contributed by atoms with Gasteiger partial charge in [-0.05, 0) is 112 Å². The third-order valence-corrected chi connectivity index (χ3v) is 11.8. The monoisotopic (exact) mass is 488 g/mol. The molecule has 35 heavy (non-hydrogen) atoms. The number of hydrogen-bond acceptors (Lipinski definition) is 3. The lowest BCUT2D eigenvalue weighted by molar-refractivity contribution is -0.0519. The largest absolute Gasteiger partial charge is 0.396 e. The normalized spacial score (nSPS) is 38.5. The lowest BCUT2D eigenvalue weighted by atomic mass is 9.50. The molecule has 3 heteroatoms. The molecule has 204 valence electrons. The summed E-state index contributed by atoms with van der Waals surface area (Å²) >= 11 is 0. The highest BCUT2D eigenvalue weighted by Crippen LogP contribution is 2.77. The van der Waals surface area contributed by atoms with Gasteiger partial charge in [0.2, 0.25) is 0 Å². The van der Waals surface area contributed by atoms with Crippen LogP contribution in [0, 0.1) is 39.4 Å². The predicted octanol–water partition coefficient (Wildman–Crippen LogP) is 7.48. The molecule has 7 unspecified atom stereocenters. The Labute approximate surface area is 218 Å². The molecule has 0 aromatic rings. The maximum absolute atomic E-state index is 10.2. The second kappa shape index (κ2) is 11.6. The van der Waals surface area contributed by atoms with Crippen molar-refractivity contribution >= 4 is 0 Å². The van der Waals surface area contributed by atoms with Crippen LogP contribution in [0.4, 0.5) is 0 Å². The van der Waals surface area contributed by atoms with Crippen molar-refractivity contribution in [2.45, 2.75) is 138 Å². The van der Waals surface area contributed by atoms with Crippen LogP contribution in [-0.4, -0.2) is 30.3 Å². The fourth-order valence-electron chi connectivity index (χ4n) is 8.47. The van der Waals surface area contributed by atoms with Crippen molar-refractivity contribution < 1.29 is 5.11 Å². The van der Waals surface area contributed by atoms with E-state index in [1.165, 1.54) is 44.9 Å². The summed E-state index contributed by atoms with van der Waals surface area (Å²) in [5.41, 5.74) is 8.43. The number of aliphatic hydroxyl groups is 1. The Morgan fingerprint density at radius 1 is 1.11 bits per heavy atom. The molecule has 3 bridgehead atoms. The third-order valence-electron chi connectivity index (χ3n) is 11.8. The minimum Gasteiger partial charge on any atom is -0.396 e. The van der Waals surface area contributed by atoms with Crippen molar-refractivity contribution in [1.29, 1.82) is 0 Å². The first kappa shape index (κ1) is 29.2. The molecule has 0 heterocycles. The maximum atomic E-state index is 10.2. The summed E-state index contributed by atoms with van der Waals surface area (Å²) in [4.78, 5) is 0. The van der Waals surface area contributed by atoms with Crippen LogP contribution in [-0.2, 0) is 0 Å². The van der Waals surface area contributed by atoms with E-state index in [0.29, 0.717) is 16.2 Å². The van der Waals surface area contributed by atoms with Crippen LogP contribution in [0.2, 0.25) is 0 Å². The van der Waals surface area contributed by atoms with Crippen molar-refractivity contribution in [3.63, 3.8) is 0 Å². The smallest absolute Gasteiger partial charge is 0.0499 e. The minimum atomic E-state index is -0.125. The van der Waals surface area contributed by atoms with E-state index in [-0.39, 0.29) is 24.1 Å². The maximum Gasteiger partial charge on any atom is 0.0499 e. The van der Waals surface area contributed by atoms with Gasteiger partial charge in [-0.2, -0.15) is 0 Å². The second-order valence-electron chi connectivity index (χ2n) is 14.5. The number of hydrogen-bond donors (Lipinski definition) is 3. The molecule has 0 aromatic carbocycles. The van der Waals surface area contributed by atoms with Gasteiger partial charge in [0.1, 0.15) is 0 Å². The van der Waals surface area contributed by atoms with Gasteiger partial charge in [0.15, 0.2) is 0 Å².